The third kappa shape index (κ3) is 4.49. The van der Waals surface area contributed by atoms with Gasteiger partial charge in [0.05, 0.1) is 15.1 Å². The molecule has 1 aliphatic heterocycles. The Morgan fingerprint density at radius 3 is 2.33 bits per heavy atom. The number of nitrogens with one attached hydrogen (secondary N) is 1. The van der Waals surface area contributed by atoms with Crippen LogP contribution in [0.5, 0.6) is 0 Å². The molecule has 0 bridgehead atoms. The standard InChI is InChI=1S/C20H15Cl4N3OS2/c21-11-1-3-13-16(9-11)30-18(17(13)24)19(28)26-5-7-27(8-6-26)20(29)25-12-2-4-14(22)15(23)10-12/h1-4,9-10H,5-8H2,(H,25,29). The Morgan fingerprint density at radius 2 is 1.63 bits per heavy atom. The Bertz CT molecular complexity index is 1140. The summed E-state index contributed by atoms with van der Waals surface area (Å²) in [5.74, 6) is -0.0691. The van der Waals surface area contributed by atoms with Gasteiger partial charge >= 0.3 is 0 Å². The number of thiocarbonyl (C=S) groups is 1. The van der Waals surface area contributed by atoms with Crippen LogP contribution >= 0.6 is 70.0 Å². The average molecular weight is 519 g/mol. The average Bonchev–Trinajstić information content (AvgIpc) is 3.06. The van der Waals surface area contributed by atoms with Crippen molar-refractivity contribution in [3.05, 3.63) is 61.4 Å². The fraction of sp³-hybridized carbons (Fsp3) is 0.200. The number of carbonyl (C=O) groups is 1. The number of nitrogens with zero attached hydrogens (tertiary/aromatic N) is 2. The molecule has 1 fully saturated rings. The summed E-state index contributed by atoms with van der Waals surface area (Å²) in [4.78, 5) is 17.4. The summed E-state index contributed by atoms with van der Waals surface area (Å²) in [6.45, 7) is 2.33. The molecule has 1 saturated heterocycles. The molecule has 2 heterocycles. The topological polar surface area (TPSA) is 35.6 Å². The molecular weight excluding hydrogens is 504 g/mol. The van der Waals surface area contributed by atoms with Crippen molar-refractivity contribution in [2.24, 2.45) is 0 Å². The van der Waals surface area contributed by atoms with Crippen LogP contribution in [0.3, 0.4) is 0 Å². The zero-order valence-corrected chi connectivity index (χ0v) is 20.1. The third-order valence-electron chi connectivity index (χ3n) is 4.81. The maximum Gasteiger partial charge on any atom is 0.265 e. The van der Waals surface area contributed by atoms with Gasteiger partial charge in [0.25, 0.3) is 5.91 Å². The number of halogens is 4. The van der Waals surface area contributed by atoms with Gasteiger partial charge in [0, 0.05) is 47.0 Å². The molecule has 4 nitrogen and oxygen atoms in total. The van der Waals surface area contributed by atoms with E-state index >= 15 is 0 Å². The number of anilines is 1. The van der Waals surface area contributed by atoms with Crippen molar-refractivity contribution in [3.8, 4) is 0 Å². The number of piperazine rings is 1. The zero-order valence-electron chi connectivity index (χ0n) is 15.4. The monoisotopic (exact) mass is 517 g/mol. The van der Waals surface area contributed by atoms with Crippen LogP contribution in [0.4, 0.5) is 5.69 Å². The molecule has 0 spiro atoms. The molecule has 0 atom stereocenters. The lowest BCUT2D eigenvalue weighted by Gasteiger charge is -2.36. The second-order valence-electron chi connectivity index (χ2n) is 6.72. The number of fused-ring (bicyclic) bond motifs is 1. The molecule has 3 aromatic rings. The summed E-state index contributed by atoms with van der Waals surface area (Å²) < 4.78 is 0.904. The third-order valence-corrected chi connectivity index (χ3v) is 7.79. The number of amides is 1. The Morgan fingerprint density at radius 1 is 0.933 bits per heavy atom. The van der Waals surface area contributed by atoms with Crippen molar-refractivity contribution < 1.29 is 4.79 Å². The minimum Gasteiger partial charge on any atom is -0.345 e. The van der Waals surface area contributed by atoms with E-state index in [2.05, 4.69) is 5.32 Å². The normalized spacial score (nSPS) is 14.3. The van der Waals surface area contributed by atoms with Crippen LogP contribution in [-0.2, 0) is 0 Å². The van der Waals surface area contributed by atoms with Crippen LogP contribution < -0.4 is 5.32 Å². The number of hydrogen-bond donors (Lipinski definition) is 1. The first-order valence-electron chi connectivity index (χ1n) is 9.01. The molecule has 1 aromatic heterocycles. The first kappa shape index (κ1) is 21.9. The van der Waals surface area contributed by atoms with Crippen LogP contribution in [0.15, 0.2) is 36.4 Å². The van der Waals surface area contributed by atoms with Crippen molar-refractivity contribution >= 4 is 96.8 Å². The zero-order chi connectivity index (χ0) is 21.4. The minimum atomic E-state index is -0.0691. The predicted molar refractivity (Wildman–Crippen MR) is 132 cm³/mol. The van der Waals surface area contributed by atoms with Gasteiger partial charge in [-0.05, 0) is 42.5 Å². The first-order chi connectivity index (χ1) is 14.3. The van der Waals surface area contributed by atoms with Gasteiger partial charge in [0.1, 0.15) is 4.88 Å². The molecule has 0 aliphatic carbocycles. The Kier molecular flexibility index (Phi) is 6.63. The van der Waals surface area contributed by atoms with E-state index in [1.165, 1.54) is 11.3 Å². The summed E-state index contributed by atoms with van der Waals surface area (Å²) in [5.41, 5.74) is 0.767. The van der Waals surface area contributed by atoms with Crippen molar-refractivity contribution in [2.45, 2.75) is 0 Å². The van der Waals surface area contributed by atoms with E-state index in [0.29, 0.717) is 56.3 Å². The maximum atomic E-state index is 13.0. The second-order valence-corrected chi connectivity index (χ2v) is 9.79. The molecule has 0 radical (unpaired) electrons. The van der Waals surface area contributed by atoms with Gasteiger partial charge in [-0.1, -0.05) is 52.5 Å². The lowest BCUT2D eigenvalue weighted by Crippen LogP contribution is -2.51. The van der Waals surface area contributed by atoms with Crippen LogP contribution in [0.25, 0.3) is 10.1 Å². The van der Waals surface area contributed by atoms with E-state index in [9.17, 15) is 4.79 Å². The predicted octanol–water partition coefficient (Wildman–Crippen LogP) is 6.67. The molecule has 0 saturated carbocycles. The summed E-state index contributed by atoms with van der Waals surface area (Å²) in [7, 11) is 0. The van der Waals surface area contributed by atoms with E-state index in [1.54, 1.807) is 23.1 Å². The molecule has 1 amide bonds. The molecule has 156 valence electrons. The number of rotatable bonds is 2. The van der Waals surface area contributed by atoms with Gasteiger partial charge in [0.2, 0.25) is 0 Å². The molecular formula is C20H15Cl4N3OS2. The van der Waals surface area contributed by atoms with Gasteiger partial charge in [-0.25, -0.2) is 0 Å². The summed E-state index contributed by atoms with van der Waals surface area (Å²) >= 11 is 31.4. The molecule has 4 rings (SSSR count). The molecule has 30 heavy (non-hydrogen) atoms. The van der Waals surface area contributed by atoms with Gasteiger partial charge in [-0.3, -0.25) is 4.79 Å². The van der Waals surface area contributed by atoms with Crippen LogP contribution in [0, 0.1) is 0 Å². The number of thiophene rings is 1. The van der Waals surface area contributed by atoms with E-state index in [1.807, 2.05) is 23.1 Å². The lowest BCUT2D eigenvalue weighted by atomic mass is 10.2. The van der Waals surface area contributed by atoms with Crippen LogP contribution in [-0.4, -0.2) is 47.0 Å². The molecule has 10 heteroatoms. The van der Waals surface area contributed by atoms with Crippen molar-refractivity contribution in [1.82, 2.24) is 9.80 Å². The minimum absolute atomic E-state index is 0.0691. The second kappa shape index (κ2) is 9.07. The fourth-order valence-corrected chi connectivity index (χ4v) is 5.56. The lowest BCUT2D eigenvalue weighted by molar-refractivity contribution is 0.0698. The van der Waals surface area contributed by atoms with Crippen LogP contribution in [0.2, 0.25) is 20.1 Å². The van der Waals surface area contributed by atoms with E-state index in [0.717, 1.165) is 15.8 Å². The van der Waals surface area contributed by atoms with E-state index in [4.69, 9.17) is 58.6 Å². The van der Waals surface area contributed by atoms with E-state index < -0.39 is 0 Å². The number of carbonyl (C=O) groups excluding carboxylic acids is 1. The van der Waals surface area contributed by atoms with Crippen molar-refractivity contribution in [3.63, 3.8) is 0 Å². The van der Waals surface area contributed by atoms with Gasteiger partial charge in [0.15, 0.2) is 5.11 Å². The highest BCUT2D eigenvalue weighted by Crippen LogP contribution is 2.37. The highest BCUT2D eigenvalue weighted by molar-refractivity contribution is 7.80. The number of benzene rings is 2. The summed E-state index contributed by atoms with van der Waals surface area (Å²) in [6.07, 6.45) is 0. The van der Waals surface area contributed by atoms with E-state index in [-0.39, 0.29) is 5.91 Å². The quantitative estimate of drug-likeness (QED) is 0.384. The van der Waals surface area contributed by atoms with Crippen molar-refractivity contribution in [1.29, 1.82) is 0 Å². The Balaban J connectivity index is 1.40. The van der Waals surface area contributed by atoms with Gasteiger partial charge < -0.3 is 15.1 Å². The highest BCUT2D eigenvalue weighted by Gasteiger charge is 2.27. The summed E-state index contributed by atoms with van der Waals surface area (Å²) in [5, 5.41) is 6.64. The smallest absolute Gasteiger partial charge is 0.265 e. The van der Waals surface area contributed by atoms with Crippen LogP contribution in [0.1, 0.15) is 9.67 Å². The van der Waals surface area contributed by atoms with Gasteiger partial charge in [-0.2, -0.15) is 0 Å². The fourth-order valence-electron chi connectivity index (χ4n) is 3.21. The Hall–Kier alpha value is -1.28. The SMILES string of the molecule is O=C(c1sc2cc(Cl)ccc2c1Cl)N1CCN(C(=S)Nc2ccc(Cl)c(Cl)c2)CC1. The molecule has 1 N–H and O–H groups in total. The van der Waals surface area contributed by atoms with Gasteiger partial charge in [-0.15, -0.1) is 11.3 Å². The summed E-state index contributed by atoms with van der Waals surface area (Å²) in [6, 6.07) is 10.7. The largest absolute Gasteiger partial charge is 0.345 e. The maximum absolute atomic E-state index is 13.0. The first-order valence-corrected chi connectivity index (χ1v) is 11.7. The molecule has 2 aromatic carbocycles. The number of hydrogen-bond acceptors (Lipinski definition) is 3. The Labute approximate surface area is 203 Å². The molecule has 0 unspecified atom stereocenters. The highest BCUT2D eigenvalue weighted by atomic mass is 35.5. The molecule has 1 aliphatic rings. The van der Waals surface area contributed by atoms with Crippen molar-refractivity contribution in [2.75, 3.05) is 31.5 Å².